The van der Waals surface area contributed by atoms with Crippen molar-refractivity contribution in [2.75, 3.05) is 12.3 Å². The van der Waals surface area contributed by atoms with Gasteiger partial charge in [-0.3, -0.25) is 4.79 Å². The van der Waals surface area contributed by atoms with Crippen molar-refractivity contribution in [3.05, 3.63) is 35.9 Å². The molecule has 5 nitrogen and oxygen atoms in total. The second-order valence-corrected chi connectivity index (χ2v) is 7.82. The molecule has 1 rings (SSSR count). The van der Waals surface area contributed by atoms with Crippen LogP contribution in [0.2, 0.25) is 0 Å². The van der Waals surface area contributed by atoms with Crippen molar-refractivity contribution in [2.24, 2.45) is 11.7 Å². The lowest BCUT2D eigenvalue weighted by Gasteiger charge is -2.17. The van der Waals surface area contributed by atoms with Crippen LogP contribution in [-0.4, -0.2) is 32.7 Å². The lowest BCUT2D eigenvalue weighted by Crippen LogP contribution is -2.45. The second kappa shape index (κ2) is 8.90. The summed E-state index contributed by atoms with van der Waals surface area (Å²) in [6.07, 6.45) is 1.23. The first kappa shape index (κ1) is 18.6. The van der Waals surface area contributed by atoms with E-state index in [2.05, 4.69) is 5.32 Å². The molecule has 0 heterocycles. The largest absolute Gasteiger partial charge is 0.355 e. The number of rotatable bonds is 9. The van der Waals surface area contributed by atoms with Crippen LogP contribution in [0, 0.1) is 5.92 Å². The molecule has 124 valence electrons. The van der Waals surface area contributed by atoms with Crippen LogP contribution in [0.1, 0.15) is 32.3 Å². The van der Waals surface area contributed by atoms with Gasteiger partial charge in [0.2, 0.25) is 5.91 Å². The van der Waals surface area contributed by atoms with Gasteiger partial charge in [0, 0.05) is 6.54 Å². The van der Waals surface area contributed by atoms with Gasteiger partial charge in [0.25, 0.3) is 0 Å². The van der Waals surface area contributed by atoms with Crippen LogP contribution < -0.4 is 11.1 Å². The third-order valence-corrected chi connectivity index (χ3v) is 5.40. The summed E-state index contributed by atoms with van der Waals surface area (Å²) in [7, 11) is -3.16. The Bertz CT molecular complexity index is 558. The van der Waals surface area contributed by atoms with E-state index in [-0.39, 0.29) is 23.3 Å². The van der Waals surface area contributed by atoms with Crippen molar-refractivity contribution in [3.8, 4) is 0 Å². The van der Waals surface area contributed by atoms with Gasteiger partial charge < -0.3 is 11.1 Å². The highest BCUT2D eigenvalue weighted by atomic mass is 32.2. The molecule has 0 saturated carbocycles. The molecule has 6 heteroatoms. The Morgan fingerprint density at radius 3 is 2.50 bits per heavy atom. The summed E-state index contributed by atoms with van der Waals surface area (Å²) in [4.78, 5) is 11.8. The van der Waals surface area contributed by atoms with Gasteiger partial charge >= 0.3 is 0 Å². The highest BCUT2D eigenvalue weighted by Crippen LogP contribution is 2.07. The minimum Gasteiger partial charge on any atom is -0.355 e. The summed E-state index contributed by atoms with van der Waals surface area (Å²) in [5.41, 5.74) is 6.59. The minimum absolute atomic E-state index is 0.0359. The zero-order chi connectivity index (χ0) is 16.6. The van der Waals surface area contributed by atoms with Crippen LogP contribution in [0.15, 0.2) is 30.3 Å². The normalized spacial score (nSPS) is 14.3. The van der Waals surface area contributed by atoms with Crippen LogP contribution in [0.25, 0.3) is 0 Å². The Morgan fingerprint density at radius 2 is 1.91 bits per heavy atom. The van der Waals surface area contributed by atoms with Gasteiger partial charge in [0.1, 0.15) is 0 Å². The minimum atomic E-state index is -3.16. The van der Waals surface area contributed by atoms with Gasteiger partial charge in [-0.1, -0.05) is 50.6 Å². The van der Waals surface area contributed by atoms with Crippen molar-refractivity contribution in [1.82, 2.24) is 5.32 Å². The second-order valence-electron chi connectivity index (χ2n) is 5.63. The standard InChI is InChI=1S/C16H26N2O3S/c1-3-13(2)15(17)16(19)18-10-7-11-22(20,21)12-14-8-5-4-6-9-14/h4-6,8-9,13,15H,3,7,10-12,17H2,1-2H3,(H,18,19). The summed E-state index contributed by atoms with van der Waals surface area (Å²) in [5, 5.41) is 2.71. The van der Waals surface area contributed by atoms with Gasteiger partial charge in [-0.15, -0.1) is 0 Å². The van der Waals surface area contributed by atoms with E-state index in [4.69, 9.17) is 5.73 Å². The third-order valence-electron chi connectivity index (χ3n) is 3.72. The van der Waals surface area contributed by atoms with E-state index in [9.17, 15) is 13.2 Å². The predicted molar refractivity (Wildman–Crippen MR) is 89.0 cm³/mol. The first-order valence-electron chi connectivity index (χ1n) is 7.63. The SMILES string of the molecule is CCC(C)C(N)C(=O)NCCCS(=O)(=O)Cc1ccccc1. The van der Waals surface area contributed by atoms with Crippen LogP contribution >= 0.6 is 0 Å². The highest BCUT2D eigenvalue weighted by molar-refractivity contribution is 7.90. The van der Waals surface area contributed by atoms with E-state index in [0.29, 0.717) is 13.0 Å². The summed E-state index contributed by atoms with van der Waals surface area (Å²) >= 11 is 0. The highest BCUT2D eigenvalue weighted by Gasteiger charge is 2.19. The molecule has 0 saturated heterocycles. The molecule has 0 aromatic heterocycles. The first-order valence-corrected chi connectivity index (χ1v) is 9.45. The predicted octanol–water partition coefficient (Wildman–Crippen LogP) is 1.48. The first-order chi connectivity index (χ1) is 10.4. The van der Waals surface area contributed by atoms with Crippen LogP contribution in [-0.2, 0) is 20.4 Å². The Kier molecular flexibility index (Phi) is 7.55. The lowest BCUT2D eigenvalue weighted by atomic mass is 9.99. The van der Waals surface area contributed by atoms with E-state index in [0.717, 1.165) is 12.0 Å². The Hall–Kier alpha value is -1.40. The Balaban J connectivity index is 2.33. The molecule has 0 spiro atoms. The van der Waals surface area contributed by atoms with E-state index < -0.39 is 15.9 Å². The number of carbonyl (C=O) groups is 1. The quantitative estimate of drug-likeness (QED) is 0.673. The lowest BCUT2D eigenvalue weighted by molar-refractivity contribution is -0.123. The van der Waals surface area contributed by atoms with E-state index in [1.54, 1.807) is 12.1 Å². The molecule has 0 aliphatic rings. The third kappa shape index (κ3) is 6.58. The zero-order valence-corrected chi connectivity index (χ0v) is 14.1. The van der Waals surface area contributed by atoms with E-state index in [1.165, 1.54) is 0 Å². The number of amides is 1. The van der Waals surface area contributed by atoms with Crippen molar-refractivity contribution in [2.45, 2.75) is 38.5 Å². The molecule has 0 aliphatic heterocycles. The molecular formula is C16H26N2O3S. The van der Waals surface area contributed by atoms with Gasteiger partial charge in [-0.05, 0) is 17.9 Å². The number of nitrogens with two attached hydrogens (primary N) is 1. The van der Waals surface area contributed by atoms with Crippen molar-refractivity contribution in [1.29, 1.82) is 0 Å². The molecule has 0 aliphatic carbocycles. The molecular weight excluding hydrogens is 300 g/mol. The molecule has 1 amide bonds. The van der Waals surface area contributed by atoms with Crippen LogP contribution in [0.3, 0.4) is 0 Å². The molecule has 2 atom stereocenters. The smallest absolute Gasteiger partial charge is 0.237 e. The summed E-state index contributed by atoms with van der Waals surface area (Å²) in [6, 6.07) is 8.55. The fourth-order valence-corrected chi connectivity index (χ4v) is 3.46. The van der Waals surface area contributed by atoms with Crippen LogP contribution in [0.4, 0.5) is 0 Å². The molecule has 3 N–H and O–H groups in total. The van der Waals surface area contributed by atoms with Gasteiger partial charge in [0.05, 0.1) is 17.5 Å². The number of carbonyl (C=O) groups excluding carboxylic acids is 1. The Labute approximate surface area is 133 Å². The molecule has 1 aromatic rings. The van der Waals surface area contributed by atoms with Crippen LogP contribution in [0.5, 0.6) is 0 Å². The van der Waals surface area contributed by atoms with Gasteiger partial charge in [-0.25, -0.2) is 8.42 Å². The number of sulfone groups is 1. The maximum Gasteiger partial charge on any atom is 0.237 e. The summed E-state index contributed by atoms with van der Waals surface area (Å²) in [6.45, 7) is 4.24. The fourth-order valence-electron chi connectivity index (χ4n) is 2.03. The van der Waals surface area contributed by atoms with E-state index >= 15 is 0 Å². The Morgan fingerprint density at radius 1 is 1.27 bits per heavy atom. The fraction of sp³-hybridized carbons (Fsp3) is 0.562. The summed E-state index contributed by atoms with van der Waals surface area (Å²) < 4.78 is 24.0. The molecule has 0 radical (unpaired) electrons. The topological polar surface area (TPSA) is 89.3 Å². The van der Waals surface area contributed by atoms with E-state index in [1.807, 2.05) is 32.0 Å². The number of benzene rings is 1. The zero-order valence-electron chi connectivity index (χ0n) is 13.3. The van der Waals surface area contributed by atoms with Crippen molar-refractivity contribution < 1.29 is 13.2 Å². The van der Waals surface area contributed by atoms with Gasteiger partial charge in [-0.2, -0.15) is 0 Å². The number of hydrogen-bond acceptors (Lipinski definition) is 4. The molecule has 1 aromatic carbocycles. The maximum atomic E-state index is 12.0. The maximum absolute atomic E-state index is 12.0. The molecule has 22 heavy (non-hydrogen) atoms. The monoisotopic (exact) mass is 326 g/mol. The van der Waals surface area contributed by atoms with Gasteiger partial charge in [0.15, 0.2) is 9.84 Å². The summed E-state index contributed by atoms with van der Waals surface area (Å²) in [5.74, 6) is -0.00818. The van der Waals surface area contributed by atoms with Crippen molar-refractivity contribution >= 4 is 15.7 Å². The molecule has 2 unspecified atom stereocenters. The number of hydrogen-bond donors (Lipinski definition) is 2. The van der Waals surface area contributed by atoms with Crippen molar-refractivity contribution in [3.63, 3.8) is 0 Å². The average Bonchev–Trinajstić information content (AvgIpc) is 2.50. The molecule has 0 bridgehead atoms. The number of nitrogens with one attached hydrogen (secondary N) is 1. The molecule has 0 fully saturated rings. The average molecular weight is 326 g/mol.